The minimum atomic E-state index is -4.78. The number of pyridine rings is 1. The van der Waals surface area contributed by atoms with Crippen molar-refractivity contribution in [3.05, 3.63) is 137 Å². The number of hydrogen-bond acceptors (Lipinski definition) is 3. The highest BCUT2D eigenvalue weighted by molar-refractivity contribution is 6.08. The summed E-state index contributed by atoms with van der Waals surface area (Å²) in [6.45, 7) is 0.190. The molecule has 0 spiro atoms. The Kier molecular flexibility index (Phi) is 7.07. The second kappa shape index (κ2) is 11.0. The average Bonchev–Trinajstić information content (AvgIpc) is 3.71. The number of alkyl halides is 3. The highest BCUT2D eigenvalue weighted by Crippen LogP contribution is 2.46. The van der Waals surface area contributed by atoms with Crippen molar-refractivity contribution >= 4 is 33.7 Å². The third-order valence-electron chi connectivity index (χ3n) is 8.50. The standard InChI is InChI=1S/C36H24F5N3O3/c37-27-7-3-20-4-8-29(42-31(20)18-27)19-44-12-9-22-13-23(24-14-26(36(39,40)41)17-28(38)15-24)16-30(32(22)44)33(45)43-35(10-11-35)25-5-1-21(2-6-25)34(46)47/h1-9,12-18H,10-11,19H2,(H,43,45)(H,46,47). The Morgan fingerprint density at radius 2 is 1.55 bits per heavy atom. The van der Waals surface area contributed by atoms with Crippen LogP contribution in [0.1, 0.15) is 50.4 Å². The SMILES string of the molecule is O=C(O)c1ccc(C2(NC(=O)c3cc(-c4cc(F)cc(C(F)(F)F)c4)cc4ccn(Cc5ccc6ccc(F)cc6n5)c34)CC2)cc1. The summed E-state index contributed by atoms with van der Waals surface area (Å²) in [5.41, 5.74) is 0.690. The number of carbonyl (C=O) groups excluding carboxylic acids is 1. The van der Waals surface area contributed by atoms with Gasteiger partial charge in [0.25, 0.3) is 5.91 Å². The lowest BCUT2D eigenvalue weighted by molar-refractivity contribution is -0.137. The normalized spacial score (nSPS) is 14.0. The van der Waals surface area contributed by atoms with E-state index in [0.29, 0.717) is 46.6 Å². The van der Waals surface area contributed by atoms with Gasteiger partial charge in [0.05, 0.1) is 45.5 Å². The molecule has 6 aromatic rings. The summed E-state index contributed by atoms with van der Waals surface area (Å²) < 4.78 is 70.9. The first-order valence-electron chi connectivity index (χ1n) is 14.6. The second-order valence-corrected chi connectivity index (χ2v) is 11.7. The zero-order valence-electron chi connectivity index (χ0n) is 24.4. The van der Waals surface area contributed by atoms with Crippen LogP contribution in [-0.2, 0) is 18.3 Å². The molecule has 236 valence electrons. The molecule has 1 amide bonds. The molecule has 47 heavy (non-hydrogen) atoms. The monoisotopic (exact) mass is 641 g/mol. The van der Waals surface area contributed by atoms with Crippen LogP contribution in [0.2, 0.25) is 0 Å². The fourth-order valence-electron chi connectivity index (χ4n) is 5.96. The number of hydrogen-bond donors (Lipinski definition) is 2. The Bertz CT molecular complexity index is 2220. The molecule has 11 heteroatoms. The number of halogens is 5. The maximum absolute atomic E-state index is 14.4. The van der Waals surface area contributed by atoms with Gasteiger partial charge in [0, 0.05) is 23.0 Å². The molecule has 1 aliphatic carbocycles. The number of carboxylic acids is 1. The van der Waals surface area contributed by atoms with Crippen LogP contribution in [-0.4, -0.2) is 26.5 Å². The van der Waals surface area contributed by atoms with Crippen molar-refractivity contribution in [1.29, 1.82) is 0 Å². The Morgan fingerprint density at radius 3 is 2.26 bits per heavy atom. The fraction of sp³-hybridized carbons (Fsp3) is 0.139. The number of nitrogens with one attached hydrogen (secondary N) is 1. The predicted molar refractivity (Wildman–Crippen MR) is 165 cm³/mol. The number of aromatic nitrogens is 2. The Hall–Kier alpha value is -5.58. The summed E-state index contributed by atoms with van der Waals surface area (Å²) in [5.74, 6) is -3.10. The Labute approximate surface area is 264 Å². The summed E-state index contributed by atoms with van der Waals surface area (Å²) in [5, 5.41) is 13.6. The van der Waals surface area contributed by atoms with E-state index in [4.69, 9.17) is 0 Å². The molecule has 0 saturated heterocycles. The van der Waals surface area contributed by atoms with E-state index in [0.717, 1.165) is 17.5 Å². The Morgan fingerprint density at radius 1 is 0.830 bits per heavy atom. The summed E-state index contributed by atoms with van der Waals surface area (Å²) in [7, 11) is 0. The molecule has 6 nitrogen and oxygen atoms in total. The van der Waals surface area contributed by atoms with Crippen molar-refractivity contribution in [2.45, 2.75) is 31.1 Å². The second-order valence-electron chi connectivity index (χ2n) is 11.7. The van der Waals surface area contributed by atoms with Crippen molar-refractivity contribution in [3.63, 3.8) is 0 Å². The van der Waals surface area contributed by atoms with Crippen molar-refractivity contribution in [2.24, 2.45) is 0 Å². The third kappa shape index (κ3) is 5.80. The van der Waals surface area contributed by atoms with Gasteiger partial charge < -0.3 is 15.0 Å². The number of benzene rings is 4. The van der Waals surface area contributed by atoms with E-state index in [1.54, 1.807) is 47.2 Å². The van der Waals surface area contributed by atoms with Gasteiger partial charge >= 0.3 is 12.1 Å². The topological polar surface area (TPSA) is 84.2 Å². The number of carbonyl (C=O) groups is 2. The molecule has 0 bridgehead atoms. The van der Waals surface area contributed by atoms with Crippen LogP contribution < -0.4 is 5.32 Å². The lowest BCUT2D eigenvalue weighted by atomic mass is 9.97. The molecule has 4 aromatic carbocycles. The van der Waals surface area contributed by atoms with Gasteiger partial charge in [-0.25, -0.2) is 13.6 Å². The van der Waals surface area contributed by atoms with Gasteiger partial charge in [-0.3, -0.25) is 9.78 Å². The number of carboxylic acid groups (broad SMARTS) is 1. The highest BCUT2D eigenvalue weighted by Gasteiger charge is 2.46. The van der Waals surface area contributed by atoms with E-state index in [1.807, 2.05) is 6.07 Å². The molecule has 0 radical (unpaired) electrons. The first-order valence-corrected chi connectivity index (χ1v) is 14.6. The molecule has 0 unspecified atom stereocenters. The predicted octanol–water partition coefficient (Wildman–Crippen LogP) is 8.32. The first-order chi connectivity index (χ1) is 22.4. The van der Waals surface area contributed by atoms with Crippen molar-refractivity contribution in [1.82, 2.24) is 14.9 Å². The fourth-order valence-corrected chi connectivity index (χ4v) is 5.96. The Balaban J connectivity index is 1.32. The van der Waals surface area contributed by atoms with Gasteiger partial charge in [0.2, 0.25) is 0 Å². The summed E-state index contributed by atoms with van der Waals surface area (Å²) in [4.78, 5) is 30.0. The number of fused-ring (bicyclic) bond motifs is 2. The molecular formula is C36H24F5N3O3. The minimum Gasteiger partial charge on any atom is -0.478 e. The van der Waals surface area contributed by atoms with E-state index < -0.39 is 40.8 Å². The van der Waals surface area contributed by atoms with E-state index in [1.165, 1.54) is 30.3 Å². The number of rotatable bonds is 7. The van der Waals surface area contributed by atoms with Gasteiger partial charge in [0.1, 0.15) is 11.6 Å². The van der Waals surface area contributed by atoms with Crippen LogP contribution in [0, 0.1) is 11.6 Å². The number of aromatic carboxylic acids is 1. The van der Waals surface area contributed by atoms with Crippen molar-refractivity contribution in [2.75, 3.05) is 0 Å². The summed E-state index contributed by atoms with van der Waals surface area (Å²) >= 11 is 0. The quantitative estimate of drug-likeness (QED) is 0.172. The summed E-state index contributed by atoms with van der Waals surface area (Å²) in [6.07, 6.45) is -1.89. The molecular weight excluding hydrogens is 617 g/mol. The maximum Gasteiger partial charge on any atom is 0.416 e. The van der Waals surface area contributed by atoms with Crippen LogP contribution in [0.15, 0.2) is 97.2 Å². The van der Waals surface area contributed by atoms with E-state index in [-0.39, 0.29) is 28.8 Å². The average molecular weight is 642 g/mol. The van der Waals surface area contributed by atoms with Gasteiger partial charge in [-0.15, -0.1) is 0 Å². The van der Waals surface area contributed by atoms with Crippen LogP contribution >= 0.6 is 0 Å². The van der Waals surface area contributed by atoms with E-state index in [9.17, 15) is 36.6 Å². The zero-order chi connectivity index (χ0) is 33.1. The molecule has 0 aliphatic heterocycles. The largest absolute Gasteiger partial charge is 0.478 e. The number of nitrogens with zero attached hydrogens (tertiary/aromatic N) is 2. The highest BCUT2D eigenvalue weighted by atomic mass is 19.4. The number of amides is 1. The zero-order valence-corrected chi connectivity index (χ0v) is 24.4. The van der Waals surface area contributed by atoms with E-state index in [2.05, 4.69) is 10.3 Å². The molecule has 1 aliphatic rings. The lowest BCUT2D eigenvalue weighted by Crippen LogP contribution is -2.35. The smallest absolute Gasteiger partial charge is 0.416 e. The first kappa shape index (κ1) is 30.1. The van der Waals surface area contributed by atoms with Crippen molar-refractivity contribution in [3.8, 4) is 11.1 Å². The molecule has 2 N–H and O–H groups in total. The third-order valence-corrected chi connectivity index (χ3v) is 8.50. The van der Waals surface area contributed by atoms with Gasteiger partial charge in [-0.05, 0) is 96.3 Å². The lowest BCUT2D eigenvalue weighted by Gasteiger charge is -2.20. The van der Waals surface area contributed by atoms with Crippen LogP contribution in [0.3, 0.4) is 0 Å². The minimum absolute atomic E-state index is 0.0513. The van der Waals surface area contributed by atoms with E-state index >= 15 is 0 Å². The maximum atomic E-state index is 14.4. The van der Waals surface area contributed by atoms with Crippen LogP contribution in [0.4, 0.5) is 22.0 Å². The molecule has 1 fully saturated rings. The molecule has 0 atom stereocenters. The van der Waals surface area contributed by atoms with Crippen molar-refractivity contribution < 1.29 is 36.6 Å². The van der Waals surface area contributed by atoms with Crippen LogP contribution in [0.25, 0.3) is 32.9 Å². The molecule has 2 heterocycles. The van der Waals surface area contributed by atoms with Gasteiger partial charge in [-0.1, -0.05) is 18.2 Å². The van der Waals surface area contributed by atoms with Gasteiger partial charge in [-0.2, -0.15) is 13.2 Å². The molecule has 2 aromatic heterocycles. The summed E-state index contributed by atoms with van der Waals surface area (Å²) in [6, 6.07) is 21.1. The van der Waals surface area contributed by atoms with Crippen LogP contribution in [0.5, 0.6) is 0 Å². The molecule has 7 rings (SSSR count). The van der Waals surface area contributed by atoms with Gasteiger partial charge in [0.15, 0.2) is 0 Å². The molecule has 1 saturated carbocycles.